The second kappa shape index (κ2) is 7.36. The van der Waals surface area contributed by atoms with Crippen molar-refractivity contribution in [1.29, 1.82) is 0 Å². The third-order valence-corrected chi connectivity index (χ3v) is 2.98. The summed E-state index contributed by atoms with van der Waals surface area (Å²) in [6.45, 7) is 2.10. The zero-order valence-electron chi connectivity index (χ0n) is 12.0. The normalized spacial score (nSPS) is 10.4. The first kappa shape index (κ1) is 16.6. The second-order valence-corrected chi connectivity index (χ2v) is 4.39. The molecule has 0 saturated heterocycles. The lowest BCUT2D eigenvalue weighted by molar-refractivity contribution is -0.143. The van der Waals surface area contributed by atoms with E-state index >= 15 is 0 Å². The zero-order chi connectivity index (χ0) is 16.0. The van der Waals surface area contributed by atoms with Crippen LogP contribution in [0.5, 0.6) is 0 Å². The van der Waals surface area contributed by atoms with Gasteiger partial charge in [0.25, 0.3) is 5.56 Å². The van der Waals surface area contributed by atoms with E-state index in [1.54, 1.807) is 6.92 Å². The van der Waals surface area contributed by atoms with E-state index in [1.165, 1.54) is 7.05 Å². The molecule has 9 heteroatoms. The highest BCUT2D eigenvalue weighted by atomic mass is 16.5. The van der Waals surface area contributed by atoms with Crippen LogP contribution in [0.15, 0.2) is 14.8 Å². The number of esters is 1. The van der Waals surface area contributed by atoms with E-state index in [9.17, 15) is 19.3 Å². The lowest BCUT2D eigenvalue weighted by Crippen LogP contribution is -2.39. The number of anilines is 1. The van der Waals surface area contributed by atoms with Crippen LogP contribution in [0.4, 0.5) is 11.5 Å². The van der Waals surface area contributed by atoms with Gasteiger partial charge in [-0.2, -0.15) is 0 Å². The number of hydrogen-bond donors (Lipinski definition) is 1. The Hall–Kier alpha value is -2.45. The van der Waals surface area contributed by atoms with E-state index in [4.69, 9.17) is 10.5 Å². The fraction of sp³-hybridized carbons (Fsp3) is 0.583. The average Bonchev–Trinajstić information content (AvgIpc) is 2.45. The molecule has 0 fully saturated rings. The molecule has 1 aromatic heterocycles. The van der Waals surface area contributed by atoms with E-state index in [1.807, 2.05) is 0 Å². The summed E-state index contributed by atoms with van der Waals surface area (Å²) in [6, 6.07) is 0. The largest absolute Gasteiger partial charge is 0.466 e. The molecule has 0 aromatic carbocycles. The maximum Gasteiger partial charge on any atom is 0.332 e. The number of aromatic nitrogens is 2. The quantitative estimate of drug-likeness (QED) is 0.437. The van der Waals surface area contributed by atoms with E-state index in [-0.39, 0.29) is 24.8 Å². The molecule has 0 unspecified atom stereocenters. The van der Waals surface area contributed by atoms with Crippen molar-refractivity contribution in [3.63, 3.8) is 0 Å². The molecule has 1 rings (SSSR count). The van der Waals surface area contributed by atoms with Crippen molar-refractivity contribution in [1.82, 2.24) is 9.13 Å². The number of nitroso groups, excluding NO2 is 1. The lowest BCUT2D eigenvalue weighted by Gasteiger charge is -2.10. The predicted octanol–water partition coefficient (Wildman–Crippen LogP) is 0.260. The molecule has 2 N–H and O–H groups in total. The van der Waals surface area contributed by atoms with Crippen LogP contribution in [0.1, 0.15) is 26.2 Å². The molecule has 0 aliphatic carbocycles. The molecule has 0 amide bonds. The van der Waals surface area contributed by atoms with Gasteiger partial charge in [0.1, 0.15) is 5.82 Å². The fourth-order valence-corrected chi connectivity index (χ4v) is 1.82. The molecule has 21 heavy (non-hydrogen) atoms. The number of nitrogens with two attached hydrogens (primary N) is 1. The molecule has 9 nitrogen and oxygen atoms in total. The van der Waals surface area contributed by atoms with Gasteiger partial charge in [0.05, 0.1) is 6.61 Å². The summed E-state index contributed by atoms with van der Waals surface area (Å²) in [5, 5.41) is 2.57. The molecule has 0 bridgehead atoms. The van der Waals surface area contributed by atoms with Crippen molar-refractivity contribution in [2.24, 2.45) is 12.2 Å². The number of carbonyl (C=O) groups is 1. The van der Waals surface area contributed by atoms with E-state index in [0.29, 0.717) is 19.4 Å². The summed E-state index contributed by atoms with van der Waals surface area (Å²) in [4.78, 5) is 45.6. The predicted molar refractivity (Wildman–Crippen MR) is 76.3 cm³/mol. The van der Waals surface area contributed by atoms with Crippen molar-refractivity contribution >= 4 is 17.5 Å². The summed E-state index contributed by atoms with van der Waals surface area (Å²) >= 11 is 0. The number of carbonyl (C=O) groups excluding carboxylic acids is 1. The minimum atomic E-state index is -0.818. The van der Waals surface area contributed by atoms with Gasteiger partial charge in [-0.3, -0.25) is 18.7 Å². The topological polar surface area (TPSA) is 126 Å². The highest BCUT2D eigenvalue weighted by molar-refractivity contribution is 5.69. The van der Waals surface area contributed by atoms with E-state index in [2.05, 4.69) is 5.18 Å². The summed E-state index contributed by atoms with van der Waals surface area (Å²) in [7, 11) is 1.35. The van der Waals surface area contributed by atoms with Gasteiger partial charge in [-0.15, -0.1) is 4.91 Å². The van der Waals surface area contributed by atoms with Gasteiger partial charge < -0.3 is 10.5 Å². The van der Waals surface area contributed by atoms with E-state index < -0.39 is 16.9 Å². The molecule has 0 aliphatic heterocycles. The molecule has 116 valence electrons. The van der Waals surface area contributed by atoms with Crippen LogP contribution in [-0.4, -0.2) is 21.7 Å². The molecule has 0 atom stereocenters. The SMILES string of the molecule is CCOC(=O)CCCCn1c(=O)c(N=O)c(N)n(C)c1=O. The first-order chi connectivity index (χ1) is 9.93. The Bertz CT molecular complexity index is 646. The van der Waals surface area contributed by atoms with Crippen molar-refractivity contribution in [2.75, 3.05) is 12.3 Å². The van der Waals surface area contributed by atoms with Gasteiger partial charge in [0.15, 0.2) is 0 Å². The first-order valence-electron chi connectivity index (χ1n) is 6.52. The van der Waals surface area contributed by atoms with Crippen molar-refractivity contribution in [3.8, 4) is 0 Å². The van der Waals surface area contributed by atoms with Crippen LogP contribution in [0, 0.1) is 4.91 Å². The van der Waals surface area contributed by atoms with Gasteiger partial charge in [0.2, 0.25) is 5.69 Å². The van der Waals surface area contributed by atoms with Crippen molar-refractivity contribution in [2.45, 2.75) is 32.7 Å². The number of ether oxygens (including phenoxy) is 1. The molecule has 0 radical (unpaired) electrons. The second-order valence-electron chi connectivity index (χ2n) is 4.39. The minimum Gasteiger partial charge on any atom is -0.466 e. The van der Waals surface area contributed by atoms with E-state index in [0.717, 1.165) is 9.13 Å². The van der Waals surface area contributed by atoms with Crippen LogP contribution < -0.4 is 17.0 Å². The highest BCUT2D eigenvalue weighted by Crippen LogP contribution is 2.12. The Morgan fingerprint density at radius 2 is 2.00 bits per heavy atom. The van der Waals surface area contributed by atoms with Gasteiger partial charge in [-0.1, -0.05) is 0 Å². The van der Waals surface area contributed by atoms with Gasteiger partial charge in [0, 0.05) is 20.0 Å². The highest BCUT2D eigenvalue weighted by Gasteiger charge is 2.15. The summed E-state index contributed by atoms with van der Waals surface area (Å²) < 4.78 is 6.64. The van der Waals surface area contributed by atoms with Crippen LogP contribution in [0.2, 0.25) is 0 Å². The Morgan fingerprint density at radius 1 is 1.33 bits per heavy atom. The maximum absolute atomic E-state index is 11.9. The molecule has 1 aromatic rings. The molecule has 1 heterocycles. The molecular weight excluding hydrogens is 280 g/mol. The number of unbranched alkanes of at least 4 members (excludes halogenated alkanes) is 1. The average molecular weight is 298 g/mol. The monoisotopic (exact) mass is 298 g/mol. The first-order valence-corrected chi connectivity index (χ1v) is 6.52. The number of nitrogen functional groups attached to an aromatic ring is 1. The van der Waals surface area contributed by atoms with Gasteiger partial charge in [-0.25, -0.2) is 4.79 Å². The Kier molecular flexibility index (Phi) is 5.82. The minimum absolute atomic E-state index is 0.0771. The smallest absolute Gasteiger partial charge is 0.332 e. The molecular formula is C12H18N4O5. The van der Waals surface area contributed by atoms with Crippen LogP contribution in [0.3, 0.4) is 0 Å². The molecule has 0 aliphatic rings. The van der Waals surface area contributed by atoms with Crippen LogP contribution in [-0.2, 0) is 23.1 Å². The summed E-state index contributed by atoms with van der Waals surface area (Å²) in [5.41, 5.74) is 3.56. The lowest BCUT2D eigenvalue weighted by atomic mass is 10.2. The van der Waals surface area contributed by atoms with Crippen LogP contribution in [0.25, 0.3) is 0 Å². The fourth-order valence-electron chi connectivity index (χ4n) is 1.82. The third kappa shape index (κ3) is 3.77. The standard InChI is InChI=1S/C12H18N4O5/c1-3-21-8(17)6-4-5-7-16-11(18)9(14-20)10(13)15(2)12(16)19/h3-7,13H2,1-2H3. The van der Waals surface area contributed by atoms with Crippen LogP contribution >= 0.6 is 0 Å². The zero-order valence-corrected chi connectivity index (χ0v) is 12.0. The van der Waals surface area contributed by atoms with Crippen molar-refractivity contribution in [3.05, 3.63) is 25.7 Å². The number of hydrogen-bond acceptors (Lipinski definition) is 7. The number of rotatable bonds is 7. The van der Waals surface area contributed by atoms with Gasteiger partial charge in [-0.05, 0) is 24.9 Å². The van der Waals surface area contributed by atoms with Crippen molar-refractivity contribution < 1.29 is 9.53 Å². The van der Waals surface area contributed by atoms with Gasteiger partial charge >= 0.3 is 11.7 Å². The summed E-state index contributed by atoms with van der Waals surface area (Å²) in [5.74, 6) is -0.590. The summed E-state index contributed by atoms with van der Waals surface area (Å²) in [6.07, 6.45) is 1.08. The maximum atomic E-state index is 11.9. The number of nitrogens with zero attached hydrogens (tertiary/aromatic N) is 3. The Morgan fingerprint density at radius 3 is 2.57 bits per heavy atom. The Labute approximate surface area is 120 Å². The Balaban J connectivity index is 2.83. The third-order valence-electron chi connectivity index (χ3n) is 2.98. The molecule has 0 saturated carbocycles. The molecule has 0 spiro atoms.